The summed E-state index contributed by atoms with van der Waals surface area (Å²) in [4.78, 5) is 11.1. The van der Waals surface area contributed by atoms with Crippen molar-refractivity contribution in [2.24, 2.45) is 0 Å². The standard InChI is InChI=1S/C14H12F3N5O2/c15-14(16,17)9-20(8-12-3-1-11(7-18)2-4-12)10-21-13(22(23)24)5-6-19-21/h1-6H,8-10H2. The minimum atomic E-state index is -4.46. The lowest BCUT2D eigenvalue weighted by molar-refractivity contribution is -0.393. The molecule has 0 aliphatic carbocycles. The van der Waals surface area contributed by atoms with Crippen LogP contribution < -0.4 is 0 Å². The SMILES string of the molecule is N#Cc1ccc(CN(Cn2nccc2[N+](=O)[O-])CC(F)(F)F)cc1. The molecule has 0 spiro atoms. The Morgan fingerprint density at radius 3 is 2.50 bits per heavy atom. The maximum absolute atomic E-state index is 12.8. The molecule has 1 aromatic heterocycles. The van der Waals surface area contributed by atoms with Crippen molar-refractivity contribution in [1.82, 2.24) is 14.7 Å². The molecule has 0 aliphatic heterocycles. The molecule has 24 heavy (non-hydrogen) atoms. The minimum Gasteiger partial charge on any atom is -0.358 e. The molecule has 2 rings (SSSR count). The molecule has 0 radical (unpaired) electrons. The highest BCUT2D eigenvalue weighted by molar-refractivity contribution is 5.31. The van der Waals surface area contributed by atoms with Crippen LogP contribution in [0.1, 0.15) is 11.1 Å². The van der Waals surface area contributed by atoms with Gasteiger partial charge in [0, 0.05) is 6.54 Å². The summed E-state index contributed by atoms with van der Waals surface area (Å²) < 4.78 is 39.2. The van der Waals surface area contributed by atoms with Gasteiger partial charge in [-0.25, -0.2) is 0 Å². The maximum atomic E-state index is 12.8. The van der Waals surface area contributed by atoms with Crippen LogP contribution in [0.5, 0.6) is 0 Å². The van der Waals surface area contributed by atoms with Gasteiger partial charge in [0.2, 0.25) is 0 Å². The highest BCUT2D eigenvalue weighted by Gasteiger charge is 2.32. The molecule has 0 bridgehead atoms. The van der Waals surface area contributed by atoms with Gasteiger partial charge in [0.1, 0.15) is 0 Å². The molecule has 0 N–H and O–H groups in total. The molecule has 1 heterocycles. The summed E-state index contributed by atoms with van der Waals surface area (Å²) in [6.07, 6.45) is -3.31. The molecule has 1 aromatic carbocycles. The lowest BCUT2D eigenvalue weighted by atomic mass is 10.1. The van der Waals surface area contributed by atoms with E-state index >= 15 is 0 Å². The number of hydrogen-bond donors (Lipinski definition) is 0. The van der Waals surface area contributed by atoms with Gasteiger partial charge in [0.15, 0.2) is 6.67 Å². The van der Waals surface area contributed by atoms with Crippen molar-refractivity contribution in [2.45, 2.75) is 19.4 Å². The van der Waals surface area contributed by atoms with Crippen LogP contribution in [0.3, 0.4) is 0 Å². The average Bonchev–Trinajstić information content (AvgIpc) is 2.94. The van der Waals surface area contributed by atoms with E-state index in [2.05, 4.69) is 5.10 Å². The Morgan fingerprint density at radius 1 is 1.29 bits per heavy atom. The van der Waals surface area contributed by atoms with Crippen molar-refractivity contribution in [1.29, 1.82) is 5.26 Å². The number of alkyl halides is 3. The second-order valence-corrected chi connectivity index (χ2v) is 5.00. The van der Waals surface area contributed by atoms with E-state index in [1.165, 1.54) is 12.1 Å². The molecule has 0 fully saturated rings. The van der Waals surface area contributed by atoms with Crippen molar-refractivity contribution in [3.8, 4) is 6.07 Å². The highest BCUT2D eigenvalue weighted by atomic mass is 19.4. The molecule has 0 saturated carbocycles. The van der Waals surface area contributed by atoms with Crippen molar-refractivity contribution in [2.75, 3.05) is 6.54 Å². The number of rotatable bonds is 6. The highest BCUT2D eigenvalue weighted by Crippen LogP contribution is 2.20. The Bertz CT molecular complexity index is 749. The molecular weight excluding hydrogens is 327 g/mol. The number of nitriles is 1. The van der Waals surface area contributed by atoms with Gasteiger partial charge in [-0.15, -0.1) is 4.68 Å². The molecule has 0 unspecified atom stereocenters. The summed E-state index contributed by atoms with van der Waals surface area (Å²) in [5, 5.41) is 23.3. The molecule has 0 atom stereocenters. The van der Waals surface area contributed by atoms with E-state index in [-0.39, 0.29) is 19.0 Å². The monoisotopic (exact) mass is 339 g/mol. The fourth-order valence-electron chi connectivity index (χ4n) is 2.13. The van der Waals surface area contributed by atoms with Gasteiger partial charge in [0.05, 0.1) is 30.4 Å². The lowest BCUT2D eigenvalue weighted by Gasteiger charge is -2.21. The Balaban J connectivity index is 2.19. The first-order valence-electron chi connectivity index (χ1n) is 6.73. The quantitative estimate of drug-likeness (QED) is 0.596. The molecule has 0 saturated heterocycles. The van der Waals surface area contributed by atoms with Crippen LogP contribution in [0.15, 0.2) is 36.5 Å². The maximum Gasteiger partial charge on any atom is 0.401 e. The number of hydrogen-bond acceptors (Lipinski definition) is 5. The summed E-state index contributed by atoms with van der Waals surface area (Å²) in [5.74, 6) is -0.387. The summed E-state index contributed by atoms with van der Waals surface area (Å²) >= 11 is 0. The van der Waals surface area contributed by atoms with E-state index in [0.29, 0.717) is 11.1 Å². The first-order chi connectivity index (χ1) is 11.3. The van der Waals surface area contributed by atoms with Gasteiger partial charge in [-0.3, -0.25) is 4.90 Å². The Hall–Kier alpha value is -2.93. The number of nitrogens with zero attached hydrogens (tertiary/aromatic N) is 5. The summed E-state index contributed by atoms with van der Waals surface area (Å²) in [6, 6.07) is 9.12. The van der Waals surface area contributed by atoms with Crippen LogP contribution in [-0.4, -0.2) is 32.3 Å². The third-order valence-electron chi connectivity index (χ3n) is 3.11. The van der Waals surface area contributed by atoms with E-state index < -0.39 is 17.6 Å². The zero-order valence-electron chi connectivity index (χ0n) is 12.3. The molecule has 7 nitrogen and oxygen atoms in total. The number of aromatic nitrogens is 2. The zero-order valence-corrected chi connectivity index (χ0v) is 12.3. The molecule has 126 valence electrons. The molecular formula is C14H12F3N5O2. The number of benzene rings is 1. The largest absolute Gasteiger partial charge is 0.401 e. The zero-order chi connectivity index (χ0) is 17.7. The van der Waals surface area contributed by atoms with E-state index in [1.807, 2.05) is 6.07 Å². The third-order valence-corrected chi connectivity index (χ3v) is 3.11. The van der Waals surface area contributed by atoms with E-state index in [1.54, 1.807) is 12.1 Å². The topological polar surface area (TPSA) is 88.0 Å². The van der Waals surface area contributed by atoms with E-state index in [9.17, 15) is 23.3 Å². The summed E-state index contributed by atoms with van der Waals surface area (Å²) in [6.45, 7) is -1.73. The number of halogens is 3. The normalized spacial score (nSPS) is 11.5. The van der Waals surface area contributed by atoms with Crippen LogP contribution >= 0.6 is 0 Å². The average molecular weight is 339 g/mol. The second-order valence-electron chi connectivity index (χ2n) is 5.00. The predicted octanol–water partition coefficient (Wildman–Crippen LogP) is 2.68. The summed E-state index contributed by atoms with van der Waals surface area (Å²) in [5.41, 5.74) is 0.942. The van der Waals surface area contributed by atoms with E-state index in [0.717, 1.165) is 21.8 Å². The Morgan fingerprint density at radius 2 is 1.96 bits per heavy atom. The van der Waals surface area contributed by atoms with Crippen molar-refractivity contribution in [3.63, 3.8) is 0 Å². The lowest BCUT2D eigenvalue weighted by Crippen LogP contribution is -2.35. The molecule has 0 amide bonds. The first kappa shape index (κ1) is 17.4. The first-order valence-corrected chi connectivity index (χ1v) is 6.73. The minimum absolute atomic E-state index is 0.0950. The fourth-order valence-corrected chi connectivity index (χ4v) is 2.13. The predicted molar refractivity (Wildman–Crippen MR) is 76.5 cm³/mol. The molecule has 2 aromatic rings. The van der Waals surface area contributed by atoms with E-state index in [4.69, 9.17) is 5.26 Å². The van der Waals surface area contributed by atoms with Crippen molar-refractivity contribution in [3.05, 3.63) is 57.8 Å². The van der Waals surface area contributed by atoms with Gasteiger partial charge >= 0.3 is 12.0 Å². The fraction of sp³-hybridized carbons (Fsp3) is 0.286. The number of nitro groups is 1. The van der Waals surface area contributed by atoms with Gasteiger partial charge in [-0.2, -0.15) is 18.4 Å². The second kappa shape index (κ2) is 7.10. The van der Waals surface area contributed by atoms with Crippen LogP contribution in [0.2, 0.25) is 0 Å². The molecule has 10 heteroatoms. The van der Waals surface area contributed by atoms with Gasteiger partial charge in [-0.1, -0.05) is 17.2 Å². The Kier molecular flexibility index (Phi) is 5.15. The van der Waals surface area contributed by atoms with Crippen LogP contribution in [0, 0.1) is 21.4 Å². The Labute approximate surface area is 134 Å². The van der Waals surface area contributed by atoms with Gasteiger partial charge in [0.25, 0.3) is 0 Å². The van der Waals surface area contributed by atoms with Crippen LogP contribution in [0.25, 0.3) is 0 Å². The van der Waals surface area contributed by atoms with Crippen molar-refractivity contribution >= 4 is 5.82 Å². The summed E-state index contributed by atoms with van der Waals surface area (Å²) in [7, 11) is 0. The third kappa shape index (κ3) is 4.79. The molecule has 0 aliphatic rings. The van der Waals surface area contributed by atoms with Gasteiger partial charge in [-0.05, 0) is 22.6 Å². The van der Waals surface area contributed by atoms with Crippen LogP contribution in [0.4, 0.5) is 19.0 Å². The van der Waals surface area contributed by atoms with Gasteiger partial charge < -0.3 is 10.1 Å². The van der Waals surface area contributed by atoms with Crippen molar-refractivity contribution < 1.29 is 18.1 Å². The smallest absolute Gasteiger partial charge is 0.358 e. The van der Waals surface area contributed by atoms with Crippen LogP contribution in [-0.2, 0) is 13.2 Å².